The van der Waals surface area contributed by atoms with E-state index in [4.69, 9.17) is 0 Å². The summed E-state index contributed by atoms with van der Waals surface area (Å²) in [5.74, 6) is -1.48. The summed E-state index contributed by atoms with van der Waals surface area (Å²) in [6.45, 7) is 0. The van der Waals surface area contributed by atoms with Crippen LogP contribution in [0.2, 0.25) is 0 Å². The highest BCUT2D eigenvalue weighted by molar-refractivity contribution is 7.02. The van der Waals surface area contributed by atoms with Gasteiger partial charge in [-0.3, -0.25) is 0 Å². The molecule has 0 spiro atoms. The smallest absolute Gasteiger partial charge is 0.389 e. The zero-order valence-electron chi connectivity index (χ0n) is 4.31. The summed E-state index contributed by atoms with van der Waals surface area (Å²) in [5, 5.41) is 0. The van der Waals surface area contributed by atoms with Crippen molar-refractivity contribution in [3.8, 4) is 0 Å². The lowest BCUT2D eigenvalue weighted by molar-refractivity contribution is -0.157. The molecule has 0 saturated heterocycles. The molecule has 0 fully saturated rings. The lowest BCUT2D eigenvalue weighted by atomic mass is 10.7. The lowest BCUT2D eigenvalue weighted by Crippen LogP contribution is -2.05. The van der Waals surface area contributed by atoms with E-state index in [2.05, 4.69) is 8.79 Å². The highest BCUT2D eigenvalue weighted by Crippen LogP contribution is 2.26. The van der Waals surface area contributed by atoms with Crippen molar-refractivity contribution in [3.05, 3.63) is 15.6 Å². The van der Waals surface area contributed by atoms with Gasteiger partial charge in [0.15, 0.2) is 0 Å². The first-order chi connectivity index (χ1) is 4.50. The molecule has 0 bridgehead atoms. The SMILES string of the molecule is O=c1oc(C(F)(F)F)ns1. The molecule has 3 nitrogen and oxygen atoms in total. The maximum Gasteiger partial charge on any atom is 0.469 e. The van der Waals surface area contributed by atoms with Gasteiger partial charge in [0.05, 0.1) is 11.5 Å². The predicted octanol–water partition coefficient (Wildman–Crippen LogP) is 1.12. The molecule has 0 atom stereocenters. The van der Waals surface area contributed by atoms with Gasteiger partial charge in [-0.2, -0.15) is 13.2 Å². The molecule has 0 unspecified atom stereocenters. The standard InChI is InChI=1S/C3F3NO2S/c4-3(5,6)1-7-10-2(8)9-1. The van der Waals surface area contributed by atoms with Crippen LogP contribution in [0.3, 0.4) is 0 Å². The minimum atomic E-state index is -4.65. The van der Waals surface area contributed by atoms with Crippen molar-refractivity contribution in [2.45, 2.75) is 6.18 Å². The normalized spacial score (nSPS) is 11.9. The van der Waals surface area contributed by atoms with Gasteiger partial charge in [-0.05, 0) is 0 Å². The van der Waals surface area contributed by atoms with Crippen LogP contribution in [0.5, 0.6) is 0 Å². The van der Waals surface area contributed by atoms with Crippen molar-refractivity contribution in [2.24, 2.45) is 0 Å². The summed E-state index contributed by atoms with van der Waals surface area (Å²) >= 11 is 0.139. The van der Waals surface area contributed by atoms with E-state index in [1.54, 1.807) is 0 Å². The van der Waals surface area contributed by atoms with Gasteiger partial charge in [-0.1, -0.05) is 0 Å². The van der Waals surface area contributed by atoms with Gasteiger partial charge in [0.25, 0.3) is 0 Å². The highest BCUT2D eigenvalue weighted by Gasteiger charge is 2.37. The van der Waals surface area contributed by atoms with E-state index < -0.39 is 17.0 Å². The van der Waals surface area contributed by atoms with E-state index >= 15 is 0 Å². The molecule has 10 heavy (non-hydrogen) atoms. The van der Waals surface area contributed by atoms with E-state index in [1.165, 1.54) is 0 Å². The number of alkyl halides is 3. The van der Waals surface area contributed by atoms with Crippen molar-refractivity contribution < 1.29 is 17.6 Å². The van der Waals surface area contributed by atoms with Crippen molar-refractivity contribution in [2.75, 3.05) is 0 Å². The zero-order valence-corrected chi connectivity index (χ0v) is 5.12. The second-order valence-corrected chi connectivity index (χ2v) is 2.04. The first kappa shape index (κ1) is 7.26. The molecule has 0 amide bonds. The quantitative estimate of drug-likeness (QED) is 0.587. The molecule has 0 aromatic carbocycles. The topological polar surface area (TPSA) is 43.1 Å². The van der Waals surface area contributed by atoms with Gasteiger partial charge in [0.2, 0.25) is 0 Å². The number of hydrogen-bond acceptors (Lipinski definition) is 4. The molecule has 1 aromatic rings. The van der Waals surface area contributed by atoms with Crippen LogP contribution >= 0.6 is 11.5 Å². The van der Waals surface area contributed by atoms with Crippen LogP contribution in [0, 0.1) is 0 Å². The number of halogens is 3. The maximum absolute atomic E-state index is 11.5. The molecule has 56 valence electrons. The Morgan fingerprint density at radius 1 is 1.50 bits per heavy atom. The third-order valence-electron chi connectivity index (χ3n) is 0.626. The second kappa shape index (κ2) is 2.08. The molecule has 0 N–H and O–H groups in total. The molecular formula is C3F3NO2S. The average molecular weight is 171 g/mol. The fourth-order valence-electron chi connectivity index (χ4n) is 0.305. The molecule has 1 rings (SSSR count). The van der Waals surface area contributed by atoms with Gasteiger partial charge in [-0.25, -0.2) is 4.79 Å². The van der Waals surface area contributed by atoms with Crippen LogP contribution in [0.1, 0.15) is 5.89 Å². The summed E-state index contributed by atoms with van der Waals surface area (Å²) in [6, 6.07) is 0. The molecule has 7 heteroatoms. The maximum atomic E-state index is 11.5. The van der Waals surface area contributed by atoms with Crippen molar-refractivity contribution >= 4 is 11.5 Å². The predicted molar refractivity (Wildman–Crippen MR) is 25.7 cm³/mol. The third-order valence-corrected chi connectivity index (χ3v) is 1.12. The third kappa shape index (κ3) is 1.35. The Balaban J connectivity index is 3.07. The molecule has 0 radical (unpaired) electrons. The molecule has 1 heterocycles. The van der Waals surface area contributed by atoms with Gasteiger partial charge in [-0.15, -0.1) is 4.37 Å². The minimum absolute atomic E-state index is 0.139. The fourth-order valence-corrected chi connectivity index (χ4v) is 0.719. The summed E-state index contributed by atoms with van der Waals surface area (Å²) in [7, 11) is 0. The van der Waals surface area contributed by atoms with E-state index in [0.717, 1.165) is 0 Å². The second-order valence-electron chi connectivity index (χ2n) is 1.34. The van der Waals surface area contributed by atoms with E-state index in [9.17, 15) is 18.0 Å². The van der Waals surface area contributed by atoms with Crippen LogP contribution in [0.15, 0.2) is 9.21 Å². The monoisotopic (exact) mass is 171 g/mol. The summed E-state index contributed by atoms with van der Waals surface area (Å²) < 4.78 is 40.9. The van der Waals surface area contributed by atoms with E-state index in [0.29, 0.717) is 0 Å². The molecule has 1 aromatic heterocycles. The van der Waals surface area contributed by atoms with Crippen LogP contribution in [-0.2, 0) is 6.18 Å². The number of hydrogen-bond donors (Lipinski definition) is 0. The minimum Gasteiger partial charge on any atom is -0.389 e. The van der Waals surface area contributed by atoms with E-state index in [1.807, 2.05) is 0 Å². The summed E-state index contributed by atoms with van der Waals surface area (Å²) in [4.78, 5) is 8.98. The van der Waals surface area contributed by atoms with E-state index in [-0.39, 0.29) is 11.5 Å². The van der Waals surface area contributed by atoms with Gasteiger partial charge in [0, 0.05) is 0 Å². The Kier molecular flexibility index (Phi) is 1.51. The zero-order chi connectivity index (χ0) is 7.78. The highest BCUT2D eigenvalue weighted by atomic mass is 32.1. The average Bonchev–Trinajstić information content (AvgIpc) is 2.11. The van der Waals surface area contributed by atoms with Crippen molar-refractivity contribution in [3.63, 3.8) is 0 Å². The Bertz CT molecular complexity index is 274. The molecular weight excluding hydrogens is 171 g/mol. The Labute approximate surface area is 56.3 Å². The van der Waals surface area contributed by atoms with Crippen LogP contribution in [-0.4, -0.2) is 4.37 Å². The summed E-state index contributed by atoms with van der Waals surface area (Å²) in [6.07, 6.45) is -4.65. The van der Waals surface area contributed by atoms with Crippen LogP contribution in [0.4, 0.5) is 13.2 Å². The van der Waals surface area contributed by atoms with Gasteiger partial charge in [0.1, 0.15) is 0 Å². The molecule has 0 aliphatic rings. The van der Waals surface area contributed by atoms with Gasteiger partial charge < -0.3 is 4.42 Å². The molecule has 0 saturated carbocycles. The number of rotatable bonds is 0. The lowest BCUT2D eigenvalue weighted by Gasteiger charge is -1.95. The van der Waals surface area contributed by atoms with Crippen LogP contribution < -0.4 is 4.94 Å². The number of nitrogens with zero attached hydrogens (tertiary/aromatic N) is 1. The Morgan fingerprint density at radius 3 is 2.30 bits per heavy atom. The molecule has 0 aliphatic heterocycles. The van der Waals surface area contributed by atoms with Crippen molar-refractivity contribution in [1.82, 2.24) is 4.37 Å². The largest absolute Gasteiger partial charge is 0.469 e. The first-order valence-corrected chi connectivity index (χ1v) is 2.81. The van der Waals surface area contributed by atoms with Gasteiger partial charge >= 0.3 is 17.0 Å². The fraction of sp³-hybridized carbons (Fsp3) is 0.333. The molecule has 0 aliphatic carbocycles. The summed E-state index contributed by atoms with van der Waals surface area (Å²) in [5.41, 5.74) is 0. The van der Waals surface area contributed by atoms with Crippen LogP contribution in [0.25, 0.3) is 0 Å². The first-order valence-electron chi connectivity index (χ1n) is 2.04. The van der Waals surface area contributed by atoms with Crippen molar-refractivity contribution in [1.29, 1.82) is 0 Å². The Morgan fingerprint density at radius 2 is 2.10 bits per heavy atom. The number of aromatic nitrogens is 1. The Hall–Kier alpha value is -0.850.